The van der Waals surface area contributed by atoms with E-state index in [1.54, 1.807) is 30.3 Å². The molecule has 0 aliphatic heterocycles. The van der Waals surface area contributed by atoms with Crippen molar-refractivity contribution in [1.82, 2.24) is 0 Å². The first-order chi connectivity index (χ1) is 9.49. The summed E-state index contributed by atoms with van der Waals surface area (Å²) in [6.07, 6.45) is 0. The van der Waals surface area contributed by atoms with E-state index in [-0.39, 0.29) is 17.4 Å². The van der Waals surface area contributed by atoms with Gasteiger partial charge < -0.3 is 15.5 Å². The molecule has 0 aliphatic rings. The van der Waals surface area contributed by atoms with Gasteiger partial charge in [-0.2, -0.15) is 0 Å². The smallest absolute Gasteiger partial charge is 0.335 e. The molecule has 0 aliphatic carbocycles. The molecule has 0 radical (unpaired) electrons. The SMILES string of the molecule is Cc1cc(C(=O)O)ccc1NC(C)c1ccccc1O. The number of nitrogens with one attached hydrogen (secondary N) is 1. The Morgan fingerprint density at radius 3 is 2.50 bits per heavy atom. The van der Waals surface area contributed by atoms with Crippen molar-refractivity contribution in [2.24, 2.45) is 0 Å². The number of aromatic carboxylic acids is 1. The van der Waals surface area contributed by atoms with Gasteiger partial charge in [-0.15, -0.1) is 0 Å². The number of hydrogen-bond acceptors (Lipinski definition) is 3. The normalized spacial score (nSPS) is 11.9. The lowest BCUT2D eigenvalue weighted by molar-refractivity contribution is 0.0697. The van der Waals surface area contributed by atoms with E-state index in [1.165, 1.54) is 0 Å². The van der Waals surface area contributed by atoms with Gasteiger partial charge in [-0.3, -0.25) is 0 Å². The number of phenols is 1. The third-order valence-corrected chi connectivity index (χ3v) is 3.25. The van der Waals surface area contributed by atoms with Crippen molar-refractivity contribution in [3.05, 3.63) is 59.2 Å². The van der Waals surface area contributed by atoms with Gasteiger partial charge in [0.05, 0.1) is 11.6 Å². The first-order valence-corrected chi connectivity index (χ1v) is 6.37. The Morgan fingerprint density at radius 2 is 1.90 bits per heavy atom. The number of aromatic hydroxyl groups is 1. The van der Waals surface area contributed by atoms with Crippen LogP contribution in [-0.2, 0) is 0 Å². The average molecular weight is 271 g/mol. The molecule has 2 aromatic carbocycles. The Balaban J connectivity index is 2.22. The van der Waals surface area contributed by atoms with Crippen molar-refractivity contribution in [3.63, 3.8) is 0 Å². The number of carbonyl (C=O) groups is 1. The minimum atomic E-state index is -0.937. The summed E-state index contributed by atoms with van der Waals surface area (Å²) in [5, 5.41) is 22.1. The molecule has 0 bridgehead atoms. The average Bonchev–Trinajstić information content (AvgIpc) is 2.41. The second-order valence-electron chi connectivity index (χ2n) is 4.76. The molecule has 0 saturated carbocycles. The van der Waals surface area contributed by atoms with Crippen LogP contribution in [0.1, 0.15) is 34.5 Å². The third kappa shape index (κ3) is 2.91. The molecule has 0 fully saturated rings. The van der Waals surface area contributed by atoms with Gasteiger partial charge in [0, 0.05) is 11.3 Å². The second kappa shape index (κ2) is 5.65. The maximum Gasteiger partial charge on any atom is 0.335 e. The van der Waals surface area contributed by atoms with Gasteiger partial charge in [-0.25, -0.2) is 4.79 Å². The monoisotopic (exact) mass is 271 g/mol. The van der Waals surface area contributed by atoms with E-state index in [2.05, 4.69) is 5.32 Å². The molecule has 4 heteroatoms. The van der Waals surface area contributed by atoms with Crippen LogP contribution in [-0.4, -0.2) is 16.2 Å². The number of rotatable bonds is 4. The largest absolute Gasteiger partial charge is 0.508 e. The fourth-order valence-electron chi connectivity index (χ4n) is 2.12. The van der Waals surface area contributed by atoms with Crippen molar-refractivity contribution >= 4 is 11.7 Å². The highest BCUT2D eigenvalue weighted by Gasteiger charge is 2.11. The molecule has 0 heterocycles. The minimum absolute atomic E-state index is 0.0782. The van der Waals surface area contributed by atoms with E-state index in [1.807, 2.05) is 26.0 Å². The fraction of sp³-hybridized carbons (Fsp3) is 0.188. The molecule has 20 heavy (non-hydrogen) atoms. The first-order valence-electron chi connectivity index (χ1n) is 6.37. The summed E-state index contributed by atoms with van der Waals surface area (Å²) < 4.78 is 0. The van der Waals surface area contributed by atoms with Crippen LogP contribution in [0.3, 0.4) is 0 Å². The topological polar surface area (TPSA) is 69.6 Å². The number of phenolic OH excluding ortho intramolecular Hbond substituents is 1. The summed E-state index contributed by atoms with van der Waals surface area (Å²) in [7, 11) is 0. The zero-order valence-corrected chi connectivity index (χ0v) is 11.4. The molecule has 0 aromatic heterocycles. The molecule has 2 aromatic rings. The zero-order chi connectivity index (χ0) is 14.7. The number of carboxylic acid groups (broad SMARTS) is 1. The molecule has 2 rings (SSSR count). The van der Waals surface area contributed by atoms with E-state index >= 15 is 0 Å². The molecule has 0 saturated heterocycles. The van der Waals surface area contributed by atoms with E-state index in [9.17, 15) is 9.90 Å². The highest BCUT2D eigenvalue weighted by molar-refractivity contribution is 5.88. The Bertz CT molecular complexity index is 637. The lowest BCUT2D eigenvalue weighted by Crippen LogP contribution is -2.08. The summed E-state index contributed by atoms with van der Waals surface area (Å²) >= 11 is 0. The van der Waals surface area contributed by atoms with Crippen molar-refractivity contribution in [2.75, 3.05) is 5.32 Å². The van der Waals surface area contributed by atoms with Gasteiger partial charge in [0.25, 0.3) is 0 Å². The molecule has 4 nitrogen and oxygen atoms in total. The van der Waals surface area contributed by atoms with Crippen LogP contribution in [0.5, 0.6) is 5.75 Å². The van der Waals surface area contributed by atoms with Gasteiger partial charge in [-0.1, -0.05) is 18.2 Å². The molecule has 1 atom stereocenters. The summed E-state index contributed by atoms with van der Waals surface area (Å²) in [6.45, 7) is 3.80. The maximum atomic E-state index is 10.9. The van der Waals surface area contributed by atoms with Crippen LogP contribution < -0.4 is 5.32 Å². The predicted molar refractivity (Wildman–Crippen MR) is 78.3 cm³/mol. The van der Waals surface area contributed by atoms with E-state index in [4.69, 9.17) is 5.11 Å². The summed E-state index contributed by atoms with van der Waals surface area (Å²) in [6, 6.07) is 12.0. The second-order valence-corrected chi connectivity index (χ2v) is 4.76. The highest BCUT2D eigenvalue weighted by Crippen LogP contribution is 2.28. The summed E-state index contributed by atoms with van der Waals surface area (Å²) in [5.74, 6) is -0.694. The number of hydrogen-bond donors (Lipinski definition) is 3. The first kappa shape index (κ1) is 13.9. The minimum Gasteiger partial charge on any atom is -0.508 e. The van der Waals surface area contributed by atoms with Crippen LogP contribution in [0.2, 0.25) is 0 Å². The number of para-hydroxylation sites is 1. The van der Waals surface area contributed by atoms with Gasteiger partial charge in [0.1, 0.15) is 5.75 Å². The lowest BCUT2D eigenvalue weighted by Gasteiger charge is -2.18. The van der Waals surface area contributed by atoms with Crippen LogP contribution in [0.15, 0.2) is 42.5 Å². The number of anilines is 1. The predicted octanol–water partition coefficient (Wildman–Crippen LogP) is 3.57. The number of carboxylic acids is 1. The lowest BCUT2D eigenvalue weighted by atomic mass is 10.1. The Morgan fingerprint density at radius 1 is 1.20 bits per heavy atom. The van der Waals surface area contributed by atoms with E-state index < -0.39 is 5.97 Å². The Labute approximate surface area is 117 Å². The van der Waals surface area contributed by atoms with Crippen molar-refractivity contribution in [1.29, 1.82) is 0 Å². The summed E-state index contributed by atoms with van der Waals surface area (Å²) in [4.78, 5) is 10.9. The van der Waals surface area contributed by atoms with Crippen LogP contribution in [0.4, 0.5) is 5.69 Å². The fourth-order valence-corrected chi connectivity index (χ4v) is 2.12. The van der Waals surface area contributed by atoms with E-state index in [0.717, 1.165) is 16.8 Å². The number of benzene rings is 2. The van der Waals surface area contributed by atoms with Crippen LogP contribution in [0.25, 0.3) is 0 Å². The van der Waals surface area contributed by atoms with Crippen molar-refractivity contribution in [2.45, 2.75) is 19.9 Å². The maximum absolute atomic E-state index is 10.9. The van der Waals surface area contributed by atoms with Gasteiger partial charge in [0.15, 0.2) is 0 Å². The van der Waals surface area contributed by atoms with Gasteiger partial charge in [0.2, 0.25) is 0 Å². The molecule has 104 valence electrons. The van der Waals surface area contributed by atoms with E-state index in [0.29, 0.717) is 0 Å². The molecule has 1 unspecified atom stereocenters. The van der Waals surface area contributed by atoms with Crippen LogP contribution in [0, 0.1) is 6.92 Å². The quantitative estimate of drug-likeness (QED) is 0.795. The van der Waals surface area contributed by atoms with Crippen molar-refractivity contribution in [3.8, 4) is 5.75 Å². The van der Waals surface area contributed by atoms with Gasteiger partial charge in [-0.05, 0) is 43.7 Å². The Kier molecular flexibility index (Phi) is 3.94. The molecule has 3 N–H and O–H groups in total. The molecule has 0 amide bonds. The molecule has 0 spiro atoms. The highest BCUT2D eigenvalue weighted by atomic mass is 16.4. The van der Waals surface area contributed by atoms with Gasteiger partial charge >= 0.3 is 5.97 Å². The summed E-state index contributed by atoms with van der Waals surface area (Å²) in [5.41, 5.74) is 2.77. The Hall–Kier alpha value is -2.49. The van der Waals surface area contributed by atoms with Crippen molar-refractivity contribution < 1.29 is 15.0 Å². The van der Waals surface area contributed by atoms with Crippen LogP contribution >= 0.6 is 0 Å². The molecular formula is C16H17NO3. The third-order valence-electron chi connectivity index (χ3n) is 3.25. The molecular weight excluding hydrogens is 254 g/mol. The zero-order valence-electron chi connectivity index (χ0n) is 11.4. The number of aryl methyl sites for hydroxylation is 1. The standard InChI is InChI=1S/C16H17NO3/c1-10-9-12(16(19)20)7-8-14(10)17-11(2)13-5-3-4-6-15(13)18/h3-9,11,17-18H,1-2H3,(H,19,20).